The highest BCUT2D eigenvalue weighted by molar-refractivity contribution is 5.14. The topological polar surface area (TPSA) is 382 Å². The van der Waals surface area contributed by atoms with Gasteiger partial charge in [0, 0.05) is 55.5 Å². The van der Waals surface area contributed by atoms with Crippen molar-refractivity contribution in [2.45, 2.75) is 18.3 Å². The molecule has 0 spiro atoms. The molecule has 28 heteroatoms. The molecule has 0 unspecified atom stereocenters. The van der Waals surface area contributed by atoms with Crippen LogP contribution in [-0.4, -0.2) is 103 Å². The van der Waals surface area contributed by atoms with E-state index < -0.39 is 11.8 Å². The number of H-pyrrole nitrogens is 8. The molecule has 0 saturated heterocycles. The number of rotatable bonds is 6. The molecule has 8 rings (SSSR count). The summed E-state index contributed by atoms with van der Waals surface area (Å²) in [5, 5.41) is 82.8. The Kier molecular flexibility index (Phi) is 11.7. The molecule has 0 amide bonds. The SMILES string of the molecule is C(C(c1nnn[n-]1)c1nnn[n-]1)C(c1nnn[n-]1)c1nnn[n-]1.c1n[nH]c[nH+]1.c1n[nH]c[nH+]1.c1n[nH]c[nH+]1.c1n[nH]c[nH+]1. The summed E-state index contributed by atoms with van der Waals surface area (Å²) < 4.78 is 0. The van der Waals surface area contributed by atoms with E-state index in [0.717, 1.165) is 0 Å². The van der Waals surface area contributed by atoms with Crippen LogP contribution in [0.2, 0.25) is 0 Å². The third-order valence-corrected chi connectivity index (χ3v) is 4.50. The molecule has 0 aromatic carbocycles. The quantitative estimate of drug-likeness (QED) is 0.139. The van der Waals surface area contributed by atoms with Gasteiger partial charge in [0.1, 0.15) is 0 Å². The molecule has 0 aliphatic rings. The minimum atomic E-state index is -0.526. The molecule has 28 nitrogen and oxygen atoms in total. The predicted molar refractivity (Wildman–Crippen MR) is 121 cm³/mol. The molecule has 0 bridgehead atoms. The maximum Gasteiger partial charge on any atom is 0.262 e. The molecule has 0 atom stereocenters. The smallest absolute Gasteiger partial charge is 0.262 e. The summed E-state index contributed by atoms with van der Waals surface area (Å²) in [6, 6.07) is 0. The Morgan fingerprint density at radius 2 is 0.744 bits per heavy atom. The zero-order valence-corrected chi connectivity index (χ0v) is 21.4. The summed E-state index contributed by atoms with van der Waals surface area (Å²) in [5.41, 5.74) is 0. The van der Waals surface area contributed by atoms with Crippen LogP contribution in [0.1, 0.15) is 41.6 Å². The van der Waals surface area contributed by atoms with E-state index in [1.807, 2.05) is 0 Å². The van der Waals surface area contributed by atoms with Gasteiger partial charge in [0.05, 0.1) is 0 Å². The second-order valence-corrected chi connectivity index (χ2v) is 7.08. The summed E-state index contributed by atoms with van der Waals surface area (Å²) in [6.07, 6.45) is 13.1. The van der Waals surface area contributed by atoms with E-state index in [0.29, 0.717) is 23.3 Å². The van der Waals surface area contributed by atoms with Gasteiger partial charge in [-0.2, -0.15) is 20.9 Å². The first kappa shape index (κ1) is 28.8. The summed E-state index contributed by atoms with van der Waals surface area (Å²) >= 11 is 0. The molecule has 0 aliphatic carbocycles. The van der Waals surface area contributed by atoms with Crippen LogP contribution in [0.5, 0.6) is 0 Å². The predicted octanol–water partition coefficient (Wildman–Crippen LogP) is -7.50. The molecular formula is C15H20N28. The third-order valence-electron chi connectivity index (χ3n) is 4.50. The fraction of sp³-hybridized carbons (Fsp3) is 0.200. The number of tetrazole rings is 4. The molecule has 0 aliphatic heterocycles. The third kappa shape index (κ3) is 10.2. The van der Waals surface area contributed by atoms with Crippen LogP contribution >= 0.6 is 0 Å². The lowest BCUT2D eigenvalue weighted by Gasteiger charge is -2.24. The Balaban J connectivity index is 0.000000168. The highest BCUT2D eigenvalue weighted by Gasteiger charge is 2.22. The maximum atomic E-state index is 3.84. The lowest BCUT2D eigenvalue weighted by Crippen LogP contribution is -2.16. The van der Waals surface area contributed by atoms with Gasteiger partial charge in [0.15, 0.2) is 0 Å². The average molecular weight is 593 g/mol. The number of hydrogen-bond donors (Lipinski definition) is 4. The van der Waals surface area contributed by atoms with Crippen molar-refractivity contribution in [1.82, 2.24) is 123 Å². The van der Waals surface area contributed by atoms with E-state index in [4.69, 9.17) is 0 Å². The Morgan fingerprint density at radius 1 is 0.465 bits per heavy atom. The van der Waals surface area contributed by atoms with Crippen LogP contribution in [0.3, 0.4) is 0 Å². The Labute approximate surface area is 236 Å². The summed E-state index contributed by atoms with van der Waals surface area (Å²) in [6.45, 7) is 0. The van der Waals surface area contributed by atoms with E-state index in [1.165, 1.54) is 0 Å². The first-order chi connectivity index (χ1) is 21.4. The molecule has 43 heavy (non-hydrogen) atoms. The van der Waals surface area contributed by atoms with Crippen molar-refractivity contribution >= 4 is 0 Å². The van der Waals surface area contributed by atoms with Gasteiger partial charge in [-0.25, -0.2) is 0 Å². The van der Waals surface area contributed by atoms with Crippen molar-refractivity contribution in [3.63, 3.8) is 0 Å². The molecule has 0 radical (unpaired) electrons. The molecule has 0 saturated carbocycles. The van der Waals surface area contributed by atoms with E-state index in [1.54, 1.807) is 50.6 Å². The number of aromatic amines is 8. The average Bonchev–Trinajstić information content (AvgIpc) is 3.95. The maximum absolute atomic E-state index is 3.84. The van der Waals surface area contributed by atoms with Crippen LogP contribution in [0.25, 0.3) is 0 Å². The van der Waals surface area contributed by atoms with Crippen LogP contribution < -0.4 is 40.3 Å². The normalized spacial score (nSPS) is 9.91. The van der Waals surface area contributed by atoms with Crippen molar-refractivity contribution in [3.8, 4) is 0 Å². The Morgan fingerprint density at radius 3 is 0.884 bits per heavy atom. The van der Waals surface area contributed by atoms with Gasteiger partial charge in [-0.1, -0.05) is 0 Å². The summed E-state index contributed by atoms with van der Waals surface area (Å²) in [4.78, 5) is 10.8. The van der Waals surface area contributed by atoms with Crippen LogP contribution in [0.15, 0.2) is 50.6 Å². The van der Waals surface area contributed by atoms with Gasteiger partial charge in [-0.15, -0.1) is 20.4 Å². The largest absolute Gasteiger partial charge is 0.335 e. The zero-order chi connectivity index (χ0) is 29.6. The minimum absolute atomic E-state index is 0.279. The molecule has 8 N–H and O–H groups in total. The lowest BCUT2D eigenvalue weighted by molar-refractivity contribution is -0.378. The lowest BCUT2D eigenvalue weighted by atomic mass is 9.92. The monoisotopic (exact) mass is 592 g/mol. The summed E-state index contributed by atoms with van der Waals surface area (Å²) in [7, 11) is 0. The second kappa shape index (κ2) is 17.4. The fourth-order valence-electron chi connectivity index (χ4n) is 2.80. The van der Waals surface area contributed by atoms with Gasteiger partial charge >= 0.3 is 0 Å². The van der Waals surface area contributed by atoms with E-state index >= 15 is 0 Å². The molecular weight excluding hydrogens is 572 g/mol. The number of hydrogen-bond acceptors (Lipinski definition) is 16. The molecule has 0 fully saturated rings. The highest BCUT2D eigenvalue weighted by Crippen LogP contribution is 2.31. The van der Waals surface area contributed by atoms with Crippen molar-refractivity contribution in [1.29, 1.82) is 0 Å². The molecule has 220 valence electrons. The van der Waals surface area contributed by atoms with Gasteiger partial charge < -0.3 is 20.4 Å². The van der Waals surface area contributed by atoms with E-state index in [-0.39, 0.29) is 6.42 Å². The molecule has 8 heterocycles. The number of aromatic nitrogens is 28. The number of nitrogens with zero attached hydrogens (tertiary/aromatic N) is 20. The van der Waals surface area contributed by atoms with Gasteiger partial charge in [0.2, 0.25) is 25.3 Å². The van der Waals surface area contributed by atoms with E-state index in [2.05, 4.69) is 143 Å². The van der Waals surface area contributed by atoms with Crippen LogP contribution in [0.4, 0.5) is 0 Å². The zero-order valence-electron chi connectivity index (χ0n) is 21.4. The van der Waals surface area contributed by atoms with Crippen molar-refractivity contribution in [3.05, 3.63) is 73.9 Å². The Hall–Kier alpha value is -7.16. The first-order valence-electron chi connectivity index (χ1n) is 11.6. The Bertz CT molecular complexity index is 1250. The van der Waals surface area contributed by atoms with Crippen LogP contribution in [-0.2, 0) is 0 Å². The highest BCUT2D eigenvalue weighted by atomic mass is 15.5. The molecule has 8 aromatic rings. The van der Waals surface area contributed by atoms with Crippen molar-refractivity contribution in [2.24, 2.45) is 0 Å². The van der Waals surface area contributed by atoms with Gasteiger partial charge in [0.25, 0.3) is 25.3 Å². The van der Waals surface area contributed by atoms with Gasteiger partial charge in [-0.05, 0) is 6.42 Å². The second-order valence-electron chi connectivity index (χ2n) is 7.08. The standard InChI is InChI=1S/C7H4N16.4C2H3N3/c1(2(4-8-16-17-9-4)5-10-18-19-11-5)3(6-12-20-21-13-6)7-14-22-23-15-7;4*1-3-2-5-4-1/h2-3H,1H2;4*1-2H,(H,3,4,5)/q-4;;;;/p+4. The van der Waals surface area contributed by atoms with Crippen LogP contribution in [0, 0.1) is 0 Å². The first-order valence-corrected chi connectivity index (χ1v) is 11.6. The fourth-order valence-corrected chi connectivity index (χ4v) is 2.80. The van der Waals surface area contributed by atoms with Gasteiger partial charge in [-0.3, -0.25) is 61.2 Å². The van der Waals surface area contributed by atoms with Crippen molar-refractivity contribution < 1.29 is 19.9 Å². The van der Waals surface area contributed by atoms with E-state index in [9.17, 15) is 0 Å². The summed E-state index contributed by atoms with van der Waals surface area (Å²) in [5.74, 6) is 0.132. The minimum Gasteiger partial charge on any atom is -0.335 e. The molecule has 8 aromatic heterocycles. The number of nitrogens with one attached hydrogen (secondary N) is 8. The van der Waals surface area contributed by atoms with Crippen molar-refractivity contribution in [2.75, 3.05) is 0 Å².